The highest BCUT2D eigenvalue weighted by molar-refractivity contribution is 9.10. The second-order valence-electron chi connectivity index (χ2n) is 5.14. The Balaban J connectivity index is 2.07. The van der Waals surface area contributed by atoms with E-state index in [1.54, 1.807) is 6.07 Å². The molecule has 1 fully saturated rings. The van der Waals surface area contributed by atoms with Crippen LogP contribution in [0.4, 0.5) is 0 Å². The summed E-state index contributed by atoms with van der Waals surface area (Å²) in [6.07, 6.45) is 2.28. The predicted molar refractivity (Wildman–Crippen MR) is 85.0 cm³/mol. The number of hydrogen-bond acceptors (Lipinski definition) is 4. The van der Waals surface area contributed by atoms with Crippen molar-refractivity contribution in [3.05, 3.63) is 22.2 Å². The number of likely N-dealkylation sites (N-methyl/N-ethyl adjacent to an activating group) is 1. The monoisotopic (exact) mass is 356 g/mol. The molecule has 0 bridgehead atoms. The van der Waals surface area contributed by atoms with Gasteiger partial charge in [0.2, 0.25) is 0 Å². The first-order chi connectivity index (χ1) is 10.1. The highest BCUT2D eigenvalue weighted by Gasteiger charge is 2.24. The maximum atomic E-state index is 12.3. The fraction of sp³-hybridized carbons (Fsp3) is 0.533. The number of phenols is 1. The van der Waals surface area contributed by atoms with Crippen molar-refractivity contribution in [1.29, 1.82) is 0 Å². The summed E-state index contributed by atoms with van der Waals surface area (Å²) in [5, 5.41) is 12.8. The van der Waals surface area contributed by atoms with Gasteiger partial charge in [-0.05, 0) is 38.1 Å². The molecule has 1 aromatic rings. The number of phenolic OH excluding ortho intramolecular Hbond substituents is 1. The minimum atomic E-state index is -0.230. The van der Waals surface area contributed by atoms with Gasteiger partial charge in [-0.15, -0.1) is 0 Å². The Morgan fingerprint density at radius 1 is 1.57 bits per heavy atom. The van der Waals surface area contributed by atoms with E-state index in [9.17, 15) is 9.90 Å². The van der Waals surface area contributed by atoms with Crippen molar-refractivity contribution in [1.82, 2.24) is 10.2 Å². The van der Waals surface area contributed by atoms with Crippen LogP contribution in [0.2, 0.25) is 0 Å². The molecule has 0 spiro atoms. The smallest absolute Gasteiger partial charge is 0.255 e. The van der Waals surface area contributed by atoms with Crippen LogP contribution in [0.3, 0.4) is 0 Å². The number of rotatable bonds is 5. The summed E-state index contributed by atoms with van der Waals surface area (Å²) in [5.74, 6) is -0.0750. The second-order valence-corrected chi connectivity index (χ2v) is 6.06. The van der Waals surface area contributed by atoms with Crippen molar-refractivity contribution in [2.24, 2.45) is 0 Å². The molecule has 0 radical (unpaired) electrons. The molecule has 0 aromatic heterocycles. The number of benzene rings is 1. The molecule has 1 atom stereocenters. The maximum absolute atomic E-state index is 12.3. The molecule has 21 heavy (non-hydrogen) atoms. The number of carbonyl (C=O) groups is 1. The minimum Gasteiger partial charge on any atom is -0.504 e. The summed E-state index contributed by atoms with van der Waals surface area (Å²) >= 11 is 3.28. The number of amides is 1. The summed E-state index contributed by atoms with van der Waals surface area (Å²) < 4.78 is 5.77. The van der Waals surface area contributed by atoms with Crippen LogP contribution in [0.1, 0.15) is 30.1 Å². The van der Waals surface area contributed by atoms with Crippen LogP contribution in [0.5, 0.6) is 11.5 Å². The average Bonchev–Trinajstić information content (AvgIpc) is 2.91. The van der Waals surface area contributed by atoms with E-state index in [-0.39, 0.29) is 17.4 Å². The number of likely N-dealkylation sites (tertiary alicyclic amines) is 1. The van der Waals surface area contributed by atoms with E-state index in [2.05, 4.69) is 33.1 Å². The lowest BCUT2D eigenvalue weighted by atomic mass is 10.1. The zero-order valence-electron chi connectivity index (χ0n) is 12.4. The average molecular weight is 357 g/mol. The molecule has 1 aliphatic rings. The van der Waals surface area contributed by atoms with Gasteiger partial charge in [-0.25, -0.2) is 0 Å². The van der Waals surface area contributed by atoms with Crippen LogP contribution < -0.4 is 10.1 Å². The quantitative estimate of drug-likeness (QED) is 0.850. The zero-order chi connectivity index (χ0) is 15.4. The molecule has 1 saturated heterocycles. The highest BCUT2D eigenvalue weighted by atomic mass is 79.9. The highest BCUT2D eigenvalue weighted by Crippen LogP contribution is 2.33. The Morgan fingerprint density at radius 3 is 3.00 bits per heavy atom. The summed E-state index contributed by atoms with van der Waals surface area (Å²) in [6.45, 7) is 4.85. The van der Waals surface area contributed by atoms with Gasteiger partial charge in [0.1, 0.15) is 0 Å². The minimum absolute atomic E-state index is 0.0481. The van der Waals surface area contributed by atoms with Crippen LogP contribution in [0, 0.1) is 0 Å². The van der Waals surface area contributed by atoms with Gasteiger partial charge >= 0.3 is 0 Å². The van der Waals surface area contributed by atoms with Gasteiger partial charge in [0.05, 0.1) is 12.7 Å². The normalized spacial score (nSPS) is 18.7. The fourth-order valence-electron chi connectivity index (χ4n) is 2.81. The second kappa shape index (κ2) is 7.13. The van der Waals surface area contributed by atoms with E-state index >= 15 is 0 Å². The number of nitrogens with one attached hydrogen (secondary N) is 1. The number of nitrogens with zero attached hydrogens (tertiary/aromatic N) is 1. The first kappa shape index (κ1) is 16.1. The van der Waals surface area contributed by atoms with E-state index in [0.29, 0.717) is 22.6 Å². The number of aromatic hydroxyl groups is 1. The van der Waals surface area contributed by atoms with Gasteiger partial charge in [-0.2, -0.15) is 0 Å². The maximum Gasteiger partial charge on any atom is 0.255 e. The molecule has 0 saturated carbocycles. The van der Waals surface area contributed by atoms with Gasteiger partial charge < -0.3 is 15.2 Å². The molecule has 116 valence electrons. The van der Waals surface area contributed by atoms with E-state index in [0.717, 1.165) is 19.5 Å². The third-order valence-corrected chi connectivity index (χ3v) is 4.34. The Kier molecular flexibility index (Phi) is 5.47. The molecule has 1 amide bonds. The Hall–Kier alpha value is -1.27. The Labute approximate surface area is 133 Å². The molecule has 1 heterocycles. The van der Waals surface area contributed by atoms with E-state index in [4.69, 9.17) is 4.74 Å². The molecular weight excluding hydrogens is 336 g/mol. The Bertz CT molecular complexity index is 522. The molecule has 1 aliphatic heterocycles. The Morgan fingerprint density at radius 2 is 2.33 bits per heavy atom. The number of ether oxygens (including phenoxy) is 1. The predicted octanol–water partition coefficient (Wildman–Crippen LogP) is 2.38. The number of halogens is 1. The largest absolute Gasteiger partial charge is 0.504 e. The summed E-state index contributed by atoms with van der Waals surface area (Å²) in [6, 6.07) is 3.55. The summed E-state index contributed by atoms with van der Waals surface area (Å²) in [5.41, 5.74) is 0.338. The van der Waals surface area contributed by atoms with Crippen LogP contribution >= 0.6 is 15.9 Å². The standard InChI is InChI=1S/C15H21BrN2O3/c1-3-18-6-4-5-11(18)9-17-15(20)12-7-10(16)8-13(19)14(12)21-2/h7-8,11,19H,3-6,9H2,1-2H3,(H,17,20)/t11-/m0/s1. The van der Waals surface area contributed by atoms with Crippen LogP contribution in [0.25, 0.3) is 0 Å². The fourth-order valence-corrected chi connectivity index (χ4v) is 3.26. The zero-order valence-corrected chi connectivity index (χ0v) is 13.9. The van der Waals surface area contributed by atoms with Gasteiger partial charge in [0.25, 0.3) is 5.91 Å². The van der Waals surface area contributed by atoms with Crippen molar-refractivity contribution in [2.45, 2.75) is 25.8 Å². The van der Waals surface area contributed by atoms with Crippen molar-refractivity contribution in [2.75, 3.05) is 26.7 Å². The lowest BCUT2D eigenvalue weighted by molar-refractivity contribution is 0.0937. The van der Waals surface area contributed by atoms with E-state index < -0.39 is 0 Å². The lowest BCUT2D eigenvalue weighted by Gasteiger charge is -2.23. The first-order valence-corrected chi connectivity index (χ1v) is 7.94. The van der Waals surface area contributed by atoms with E-state index in [1.807, 2.05) is 0 Å². The third-order valence-electron chi connectivity index (χ3n) is 3.89. The summed E-state index contributed by atoms with van der Waals surface area (Å²) in [4.78, 5) is 14.7. The van der Waals surface area contributed by atoms with Crippen LogP contribution in [-0.4, -0.2) is 48.7 Å². The van der Waals surface area contributed by atoms with Gasteiger partial charge in [0.15, 0.2) is 11.5 Å². The molecule has 0 unspecified atom stereocenters. The van der Waals surface area contributed by atoms with Crippen LogP contribution in [-0.2, 0) is 0 Å². The first-order valence-electron chi connectivity index (χ1n) is 7.15. The van der Waals surface area contributed by atoms with E-state index in [1.165, 1.54) is 19.6 Å². The molecule has 6 heteroatoms. The van der Waals surface area contributed by atoms with Gasteiger partial charge in [-0.1, -0.05) is 22.9 Å². The lowest BCUT2D eigenvalue weighted by Crippen LogP contribution is -2.40. The number of carbonyl (C=O) groups excluding carboxylic acids is 1. The molecule has 0 aliphatic carbocycles. The molecule has 2 rings (SSSR count). The topological polar surface area (TPSA) is 61.8 Å². The molecule has 2 N–H and O–H groups in total. The van der Waals surface area contributed by atoms with Gasteiger partial charge in [-0.3, -0.25) is 9.69 Å². The number of hydrogen-bond donors (Lipinski definition) is 2. The van der Waals surface area contributed by atoms with Gasteiger partial charge in [0, 0.05) is 17.1 Å². The van der Waals surface area contributed by atoms with Crippen molar-refractivity contribution in [3.63, 3.8) is 0 Å². The summed E-state index contributed by atoms with van der Waals surface area (Å²) in [7, 11) is 1.44. The molecular formula is C15H21BrN2O3. The van der Waals surface area contributed by atoms with Crippen molar-refractivity contribution >= 4 is 21.8 Å². The van der Waals surface area contributed by atoms with Crippen molar-refractivity contribution < 1.29 is 14.6 Å². The molecule has 5 nitrogen and oxygen atoms in total. The molecule has 1 aromatic carbocycles. The SMILES string of the molecule is CCN1CCC[C@H]1CNC(=O)c1cc(Br)cc(O)c1OC. The third kappa shape index (κ3) is 3.68. The number of methoxy groups -OCH3 is 1. The van der Waals surface area contributed by atoms with Crippen molar-refractivity contribution in [3.8, 4) is 11.5 Å². The van der Waals surface area contributed by atoms with Crippen LogP contribution in [0.15, 0.2) is 16.6 Å².